The molecule has 0 unspecified atom stereocenters. The van der Waals surface area contributed by atoms with Crippen LogP contribution in [0.5, 0.6) is 0 Å². The fourth-order valence-electron chi connectivity index (χ4n) is 1.34. The highest BCUT2D eigenvalue weighted by Gasteiger charge is 2.29. The lowest BCUT2D eigenvalue weighted by atomic mass is 10.2. The van der Waals surface area contributed by atoms with Crippen LogP contribution in [0.4, 0.5) is 0 Å². The van der Waals surface area contributed by atoms with E-state index in [2.05, 4.69) is 15.9 Å². The topological polar surface area (TPSA) is 44.8 Å². The van der Waals surface area contributed by atoms with Gasteiger partial charge in [0.15, 0.2) is 0 Å². The van der Waals surface area contributed by atoms with Crippen molar-refractivity contribution in [1.82, 2.24) is 0 Å². The zero-order valence-corrected chi connectivity index (χ0v) is 14.9. The summed E-state index contributed by atoms with van der Waals surface area (Å²) in [6.07, 6.45) is 0. The first kappa shape index (κ1) is 18.0. The van der Waals surface area contributed by atoms with Crippen molar-refractivity contribution < 1.29 is 18.1 Å². The first-order chi connectivity index (χ1) is 9.45. The zero-order chi connectivity index (χ0) is 15.2. The van der Waals surface area contributed by atoms with E-state index in [9.17, 15) is 4.57 Å². The Bertz CT molecular complexity index is 526. The second-order valence-electron chi connectivity index (χ2n) is 3.47. The molecule has 0 N–H and O–H groups in total. The summed E-state index contributed by atoms with van der Waals surface area (Å²) in [6.45, 7) is 3.78. The van der Waals surface area contributed by atoms with Crippen molar-refractivity contribution in [3.8, 4) is 0 Å². The maximum Gasteiger partial charge on any atom is 0.530 e. The Morgan fingerprint density at radius 2 is 1.90 bits per heavy atom. The summed E-state index contributed by atoms with van der Waals surface area (Å²) in [6, 6.07) is 4.86. The van der Waals surface area contributed by atoms with Crippen LogP contribution in [-0.4, -0.2) is 13.2 Å². The van der Waals surface area contributed by atoms with Gasteiger partial charge in [0.25, 0.3) is 0 Å². The highest BCUT2D eigenvalue weighted by molar-refractivity contribution is 9.11. The predicted octanol–water partition coefficient (Wildman–Crippen LogP) is 5.88. The van der Waals surface area contributed by atoms with Crippen LogP contribution in [0.1, 0.15) is 19.4 Å². The van der Waals surface area contributed by atoms with Gasteiger partial charge in [-0.2, -0.15) is 0 Å². The molecule has 0 aromatic heterocycles. The molecule has 4 nitrogen and oxygen atoms in total. The summed E-state index contributed by atoms with van der Waals surface area (Å²) >= 11 is 15.1. The van der Waals surface area contributed by atoms with E-state index in [0.29, 0.717) is 15.6 Å². The standard InChI is InChI=1S/C12H14BrCl2O4P/c1-3-17-20(16,18-4-2)19-12(8-13)10-6-5-9(14)7-11(10)15/h5-8H,3-4H2,1-2H3/b12-8-. The minimum atomic E-state index is -3.68. The lowest BCUT2D eigenvalue weighted by Crippen LogP contribution is -2.00. The normalized spacial score (nSPS) is 12.6. The summed E-state index contributed by atoms with van der Waals surface area (Å²) in [5, 5.41) is 0.855. The third-order valence-electron chi connectivity index (χ3n) is 2.08. The molecule has 0 heterocycles. The van der Waals surface area contributed by atoms with Gasteiger partial charge < -0.3 is 4.52 Å². The molecular formula is C12H14BrCl2O4P. The second kappa shape index (κ2) is 8.42. The van der Waals surface area contributed by atoms with Gasteiger partial charge in [0, 0.05) is 15.6 Å². The summed E-state index contributed by atoms with van der Waals surface area (Å²) in [5.41, 5.74) is 0.521. The van der Waals surface area contributed by atoms with Gasteiger partial charge in [-0.3, -0.25) is 9.05 Å². The predicted molar refractivity (Wildman–Crippen MR) is 85.3 cm³/mol. The smallest absolute Gasteiger partial charge is 0.403 e. The Labute approximate surface area is 136 Å². The number of phosphoric ester groups is 1. The molecule has 112 valence electrons. The van der Waals surface area contributed by atoms with Crippen molar-refractivity contribution >= 4 is 52.7 Å². The van der Waals surface area contributed by atoms with E-state index in [0.717, 1.165) is 0 Å². The van der Waals surface area contributed by atoms with Crippen LogP contribution in [0.25, 0.3) is 5.76 Å². The van der Waals surface area contributed by atoms with Crippen molar-refractivity contribution in [3.05, 3.63) is 38.8 Å². The average molecular weight is 404 g/mol. The van der Waals surface area contributed by atoms with Crippen LogP contribution in [0.15, 0.2) is 23.2 Å². The summed E-state index contributed by atoms with van der Waals surface area (Å²) < 4.78 is 27.8. The van der Waals surface area contributed by atoms with Crippen molar-refractivity contribution in [2.45, 2.75) is 13.8 Å². The van der Waals surface area contributed by atoms with Gasteiger partial charge in [0.05, 0.1) is 18.2 Å². The lowest BCUT2D eigenvalue weighted by Gasteiger charge is -2.19. The van der Waals surface area contributed by atoms with Crippen LogP contribution in [0, 0.1) is 0 Å². The van der Waals surface area contributed by atoms with Crippen molar-refractivity contribution in [2.24, 2.45) is 0 Å². The van der Waals surface area contributed by atoms with E-state index in [4.69, 9.17) is 36.8 Å². The minimum absolute atomic E-state index is 0.196. The van der Waals surface area contributed by atoms with E-state index in [-0.39, 0.29) is 19.0 Å². The summed E-state index contributed by atoms with van der Waals surface area (Å²) in [4.78, 5) is 1.45. The van der Waals surface area contributed by atoms with Gasteiger partial charge in [-0.1, -0.05) is 39.1 Å². The first-order valence-electron chi connectivity index (χ1n) is 5.80. The maximum absolute atomic E-state index is 12.3. The molecule has 0 bridgehead atoms. The van der Waals surface area contributed by atoms with E-state index >= 15 is 0 Å². The van der Waals surface area contributed by atoms with E-state index in [1.54, 1.807) is 32.0 Å². The molecule has 0 saturated heterocycles. The number of phosphoric acid groups is 1. The molecule has 0 atom stereocenters. The van der Waals surface area contributed by atoms with Crippen molar-refractivity contribution in [2.75, 3.05) is 13.2 Å². The van der Waals surface area contributed by atoms with Gasteiger partial charge in [-0.05, 0) is 32.0 Å². The van der Waals surface area contributed by atoms with Gasteiger partial charge in [-0.25, -0.2) is 4.57 Å². The maximum atomic E-state index is 12.3. The van der Waals surface area contributed by atoms with Crippen LogP contribution < -0.4 is 0 Å². The summed E-state index contributed by atoms with van der Waals surface area (Å²) in [7, 11) is -3.68. The monoisotopic (exact) mass is 402 g/mol. The number of hydrogen-bond donors (Lipinski definition) is 0. The molecule has 0 saturated carbocycles. The molecule has 0 spiro atoms. The molecule has 0 aliphatic carbocycles. The largest absolute Gasteiger partial charge is 0.530 e. The van der Waals surface area contributed by atoms with Crippen LogP contribution in [-0.2, 0) is 18.1 Å². The van der Waals surface area contributed by atoms with E-state index in [1.165, 1.54) is 4.99 Å². The third-order valence-corrected chi connectivity index (χ3v) is 4.61. The molecule has 8 heteroatoms. The number of hydrogen-bond acceptors (Lipinski definition) is 4. The number of benzene rings is 1. The number of rotatable bonds is 7. The molecule has 0 radical (unpaired) electrons. The van der Waals surface area contributed by atoms with Crippen molar-refractivity contribution in [1.29, 1.82) is 0 Å². The zero-order valence-electron chi connectivity index (χ0n) is 10.9. The Hall–Kier alpha value is -0.0300. The fraction of sp³-hybridized carbons (Fsp3) is 0.333. The van der Waals surface area contributed by atoms with Crippen LogP contribution in [0.3, 0.4) is 0 Å². The highest BCUT2D eigenvalue weighted by atomic mass is 79.9. The second-order valence-corrected chi connectivity index (χ2v) is 6.37. The molecule has 0 aliphatic rings. The molecule has 1 rings (SSSR count). The van der Waals surface area contributed by atoms with Gasteiger partial charge in [0.2, 0.25) is 0 Å². The molecule has 20 heavy (non-hydrogen) atoms. The average Bonchev–Trinajstić information content (AvgIpc) is 2.37. The van der Waals surface area contributed by atoms with Gasteiger partial charge >= 0.3 is 7.82 Å². The van der Waals surface area contributed by atoms with Gasteiger partial charge in [-0.15, -0.1) is 0 Å². The minimum Gasteiger partial charge on any atom is -0.403 e. The quantitative estimate of drug-likeness (QED) is 0.421. The van der Waals surface area contributed by atoms with Crippen LogP contribution >= 0.6 is 47.0 Å². The molecular weight excluding hydrogens is 390 g/mol. The lowest BCUT2D eigenvalue weighted by molar-refractivity contribution is 0.159. The third kappa shape index (κ3) is 5.06. The SMILES string of the molecule is CCOP(=O)(OCC)O/C(=C\Br)c1ccc(Cl)cc1Cl. The molecule has 0 amide bonds. The summed E-state index contributed by atoms with van der Waals surface area (Å²) in [5.74, 6) is 0.233. The van der Waals surface area contributed by atoms with E-state index < -0.39 is 7.82 Å². The highest BCUT2D eigenvalue weighted by Crippen LogP contribution is 2.53. The Morgan fingerprint density at radius 1 is 1.30 bits per heavy atom. The van der Waals surface area contributed by atoms with Crippen LogP contribution in [0.2, 0.25) is 10.0 Å². The van der Waals surface area contributed by atoms with E-state index in [1.807, 2.05) is 0 Å². The fourth-order valence-corrected chi connectivity index (χ4v) is 3.53. The first-order valence-corrected chi connectivity index (χ1v) is 8.93. The Morgan fingerprint density at radius 3 is 2.35 bits per heavy atom. The molecule has 1 aromatic rings. The molecule has 1 aromatic carbocycles. The Balaban J connectivity index is 3.05. The Kier molecular flexibility index (Phi) is 7.59. The number of halogens is 3. The molecule has 0 aliphatic heterocycles. The van der Waals surface area contributed by atoms with Crippen molar-refractivity contribution in [3.63, 3.8) is 0 Å². The molecule has 0 fully saturated rings. The van der Waals surface area contributed by atoms with Gasteiger partial charge in [0.1, 0.15) is 5.76 Å².